The smallest absolute Gasteiger partial charge is 0.410 e. The fraction of sp³-hybridized carbons (Fsp3) is 0.366. The Bertz CT molecular complexity index is 1980. The number of ether oxygens (including phenoxy) is 2. The van der Waals surface area contributed by atoms with Gasteiger partial charge in [0, 0.05) is 49.8 Å². The van der Waals surface area contributed by atoms with Crippen molar-refractivity contribution in [2.45, 2.75) is 52.5 Å². The van der Waals surface area contributed by atoms with Crippen molar-refractivity contribution in [3.63, 3.8) is 0 Å². The predicted octanol–water partition coefficient (Wildman–Crippen LogP) is 5.24. The van der Waals surface area contributed by atoms with E-state index in [0.29, 0.717) is 29.9 Å². The van der Waals surface area contributed by atoms with E-state index in [1.165, 1.54) is 11.0 Å². The van der Waals surface area contributed by atoms with Crippen LogP contribution in [0.15, 0.2) is 78.4 Å². The zero-order chi connectivity index (χ0) is 40.5. The number of Topliss-reactive ketones (excluding diaryl/α,β-unsaturated/α-hetero) is 2. The van der Waals surface area contributed by atoms with E-state index in [0.717, 1.165) is 11.6 Å². The van der Waals surface area contributed by atoms with Crippen LogP contribution in [0.25, 0.3) is 0 Å². The molecule has 1 heterocycles. The van der Waals surface area contributed by atoms with Crippen LogP contribution in [0.5, 0.6) is 0 Å². The number of aliphatic carboxylic acids is 1. The quantitative estimate of drug-likeness (QED) is 0.157. The van der Waals surface area contributed by atoms with Crippen LogP contribution in [-0.4, -0.2) is 84.9 Å². The number of alkyl carbamates (subject to hydrolysis) is 1. The number of likely N-dealkylation sites (N-methyl/N-ethyl adjacent to an activating group) is 1. The average molecular weight is 772 g/mol. The molecule has 1 aliphatic carbocycles. The SMILES string of the molecule is CNC1C=C(C(=O)O)C(=O)c2cc(F)c(N3CCN(C(=O)OCc4ccc(NC(=O)[C@H](C)CC(=O)[C@H](NC(=O)OCc5ccccc5)C(C)C)cc4)CC3)cc21. The minimum absolute atomic E-state index is 0.00524. The van der Waals surface area contributed by atoms with Crippen LogP contribution in [-0.2, 0) is 37.1 Å². The number of amides is 3. The van der Waals surface area contributed by atoms with Crippen molar-refractivity contribution in [1.29, 1.82) is 0 Å². The minimum Gasteiger partial charge on any atom is -0.478 e. The Labute approximate surface area is 324 Å². The number of piperazine rings is 1. The van der Waals surface area contributed by atoms with Gasteiger partial charge in [0.25, 0.3) is 0 Å². The number of hydrogen-bond acceptors (Lipinski definition) is 10. The molecule has 1 aliphatic heterocycles. The molecule has 1 unspecified atom stereocenters. The van der Waals surface area contributed by atoms with Gasteiger partial charge in [-0.2, -0.15) is 0 Å². The van der Waals surface area contributed by atoms with Crippen molar-refractivity contribution in [2.24, 2.45) is 11.8 Å². The largest absolute Gasteiger partial charge is 0.478 e. The van der Waals surface area contributed by atoms with Crippen molar-refractivity contribution in [3.05, 3.63) is 106 Å². The number of hydrogen-bond donors (Lipinski definition) is 4. The van der Waals surface area contributed by atoms with Gasteiger partial charge in [-0.1, -0.05) is 63.2 Å². The number of benzene rings is 3. The molecule has 5 rings (SSSR count). The number of carbonyl (C=O) groups is 6. The molecule has 3 aromatic rings. The number of nitrogens with one attached hydrogen (secondary N) is 3. The molecule has 3 amide bonds. The van der Waals surface area contributed by atoms with Gasteiger partial charge in [0.15, 0.2) is 5.78 Å². The summed E-state index contributed by atoms with van der Waals surface area (Å²) in [5, 5.41) is 17.8. The highest BCUT2D eigenvalue weighted by molar-refractivity contribution is 6.25. The van der Waals surface area contributed by atoms with Crippen LogP contribution >= 0.6 is 0 Å². The van der Waals surface area contributed by atoms with Crippen LogP contribution < -0.4 is 20.9 Å². The van der Waals surface area contributed by atoms with Crippen molar-refractivity contribution in [3.8, 4) is 0 Å². The molecule has 0 aromatic heterocycles. The highest BCUT2D eigenvalue weighted by atomic mass is 19.1. The Kier molecular flexibility index (Phi) is 13.6. The van der Waals surface area contributed by atoms with Crippen molar-refractivity contribution >= 4 is 47.0 Å². The summed E-state index contributed by atoms with van der Waals surface area (Å²) >= 11 is 0. The molecule has 14 nitrogen and oxygen atoms in total. The molecule has 4 N–H and O–H groups in total. The van der Waals surface area contributed by atoms with Crippen molar-refractivity contribution < 1.29 is 47.7 Å². The van der Waals surface area contributed by atoms with Gasteiger partial charge in [0.05, 0.1) is 17.8 Å². The van der Waals surface area contributed by atoms with E-state index < -0.39 is 53.3 Å². The van der Waals surface area contributed by atoms with E-state index in [9.17, 15) is 33.9 Å². The second kappa shape index (κ2) is 18.5. The van der Waals surface area contributed by atoms with E-state index in [1.807, 2.05) is 30.3 Å². The zero-order valence-corrected chi connectivity index (χ0v) is 31.7. The molecular weight excluding hydrogens is 725 g/mol. The summed E-state index contributed by atoms with van der Waals surface area (Å²) in [5.41, 5.74) is 2.27. The fourth-order valence-electron chi connectivity index (χ4n) is 6.51. The summed E-state index contributed by atoms with van der Waals surface area (Å²) in [5.74, 6) is -4.37. The maximum atomic E-state index is 15.3. The lowest BCUT2D eigenvalue weighted by molar-refractivity contribution is -0.132. The molecule has 1 fully saturated rings. The maximum absolute atomic E-state index is 15.3. The number of nitrogens with zero attached hydrogens (tertiary/aromatic N) is 2. The second-order valence-corrected chi connectivity index (χ2v) is 14.1. The van der Waals surface area contributed by atoms with E-state index >= 15 is 4.39 Å². The number of halogens is 1. The number of fused-ring (bicyclic) bond motifs is 1. The van der Waals surface area contributed by atoms with Crippen LogP contribution in [0.3, 0.4) is 0 Å². The normalized spacial score (nSPS) is 16.3. The van der Waals surface area contributed by atoms with Gasteiger partial charge >= 0.3 is 18.2 Å². The molecule has 296 valence electrons. The van der Waals surface area contributed by atoms with E-state index in [2.05, 4.69) is 16.0 Å². The van der Waals surface area contributed by atoms with Crippen LogP contribution in [0, 0.1) is 17.7 Å². The zero-order valence-electron chi connectivity index (χ0n) is 31.7. The first-order chi connectivity index (χ1) is 26.7. The summed E-state index contributed by atoms with van der Waals surface area (Å²) in [4.78, 5) is 78.9. The number of anilines is 2. The lowest BCUT2D eigenvalue weighted by atomic mass is 9.86. The van der Waals surface area contributed by atoms with Crippen molar-refractivity contribution in [1.82, 2.24) is 15.5 Å². The standard InChI is InChI=1S/C41H46FN5O9/c1-24(2)36(45-40(53)55-22-26-8-6-5-7-9-26)35(48)18-25(3)38(50)44-28-12-10-27(11-13-28)23-56-41(54)47-16-14-46(15-17-47)34-21-29-30(19-32(34)42)37(49)31(39(51)52)20-33(29)43-4/h5-13,19-21,24-25,33,36,43H,14-18,22-23H2,1-4H3,(H,44,50)(H,45,53)(H,51,52)/t25-,33?,36-/m1/s1. The number of rotatable bonds is 14. The first-order valence-corrected chi connectivity index (χ1v) is 18.3. The molecule has 0 spiro atoms. The Morgan fingerprint density at radius 3 is 2.16 bits per heavy atom. The molecule has 15 heteroatoms. The van der Waals surface area contributed by atoms with Gasteiger partial charge in [0.2, 0.25) is 11.7 Å². The molecule has 0 bridgehead atoms. The summed E-state index contributed by atoms with van der Waals surface area (Å²) in [6.45, 7) is 6.38. The highest BCUT2D eigenvalue weighted by Crippen LogP contribution is 2.34. The first-order valence-electron chi connectivity index (χ1n) is 18.3. The predicted molar refractivity (Wildman–Crippen MR) is 204 cm³/mol. The van der Waals surface area contributed by atoms with Crippen LogP contribution in [0.1, 0.15) is 60.3 Å². The second-order valence-electron chi connectivity index (χ2n) is 14.1. The van der Waals surface area contributed by atoms with Gasteiger partial charge < -0.3 is 40.3 Å². The lowest BCUT2D eigenvalue weighted by Gasteiger charge is -2.36. The van der Waals surface area contributed by atoms with Gasteiger partial charge in [-0.05, 0) is 60.0 Å². The molecule has 3 aromatic carbocycles. The molecule has 0 radical (unpaired) electrons. The van der Waals surface area contributed by atoms with Crippen LogP contribution in [0.2, 0.25) is 0 Å². The first kappa shape index (κ1) is 41.1. The summed E-state index contributed by atoms with van der Waals surface area (Å²) in [6.07, 6.45) is -0.0384. The summed E-state index contributed by atoms with van der Waals surface area (Å²) in [7, 11) is 1.62. The number of carboxylic acids is 1. The molecular formula is C41H46FN5O9. The highest BCUT2D eigenvalue weighted by Gasteiger charge is 2.33. The third-order valence-corrected chi connectivity index (χ3v) is 9.73. The van der Waals surface area contributed by atoms with E-state index in [1.54, 1.807) is 63.1 Å². The topological polar surface area (TPSA) is 184 Å². The molecule has 1 saturated heterocycles. The van der Waals surface area contributed by atoms with Gasteiger partial charge in [-0.25, -0.2) is 18.8 Å². The van der Waals surface area contributed by atoms with Crippen molar-refractivity contribution in [2.75, 3.05) is 43.4 Å². The number of carboxylic acid groups (broad SMARTS) is 1. The fourth-order valence-corrected chi connectivity index (χ4v) is 6.51. The molecule has 3 atom stereocenters. The third kappa shape index (κ3) is 10.2. The third-order valence-electron chi connectivity index (χ3n) is 9.73. The summed E-state index contributed by atoms with van der Waals surface area (Å²) in [6, 6.07) is 17.1. The Hall–Kier alpha value is -6.09. The Morgan fingerprint density at radius 2 is 1.54 bits per heavy atom. The summed E-state index contributed by atoms with van der Waals surface area (Å²) < 4.78 is 26.0. The maximum Gasteiger partial charge on any atom is 0.410 e. The Balaban J connectivity index is 1.06. The van der Waals surface area contributed by atoms with Gasteiger partial charge in [-0.3, -0.25) is 14.4 Å². The lowest BCUT2D eigenvalue weighted by Crippen LogP contribution is -2.49. The number of ketones is 2. The Morgan fingerprint density at radius 1 is 0.893 bits per heavy atom. The van der Waals surface area contributed by atoms with E-state index in [-0.39, 0.29) is 61.6 Å². The van der Waals surface area contributed by atoms with Crippen LogP contribution in [0.4, 0.5) is 25.4 Å². The number of carbonyl (C=O) groups excluding carboxylic acids is 5. The molecule has 56 heavy (non-hydrogen) atoms. The average Bonchev–Trinajstić information content (AvgIpc) is 3.19. The van der Waals surface area contributed by atoms with Gasteiger partial charge in [-0.15, -0.1) is 0 Å². The monoisotopic (exact) mass is 771 g/mol. The molecule has 0 saturated carbocycles. The molecule has 2 aliphatic rings. The van der Waals surface area contributed by atoms with E-state index in [4.69, 9.17) is 9.47 Å². The van der Waals surface area contributed by atoms with Gasteiger partial charge in [0.1, 0.15) is 24.6 Å². The minimum atomic E-state index is -1.38.